The number of carbonyl (C=O) groups excluding carboxylic acids is 1. The van der Waals surface area contributed by atoms with Gasteiger partial charge < -0.3 is 5.32 Å². The van der Waals surface area contributed by atoms with E-state index in [0.29, 0.717) is 17.2 Å². The highest BCUT2D eigenvalue weighted by Crippen LogP contribution is 2.62. The molecule has 2 heteroatoms. The number of hydrogen-bond donors (Lipinski definition) is 1. The molecule has 78 valence electrons. The summed E-state index contributed by atoms with van der Waals surface area (Å²) in [5.74, 6) is 1.61. The summed E-state index contributed by atoms with van der Waals surface area (Å²) in [5.41, 5.74) is 0.432. The number of hydrogen-bond acceptors (Lipinski definition) is 1. The van der Waals surface area contributed by atoms with Gasteiger partial charge in [-0.1, -0.05) is 25.7 Å². The van der Waals surface area contributed by atoms with Crippen molar-refractivity contribution < 1.29 is 4.79 Å². The monoisotopic (exact) mass is 193 g/mol. The molecule has 3 rings (SSSR count). The van der Waals surface area contributed by atoms with E-state index in [9.17, 15) is 4.79 Å². The van der Waals surface area contributed by atoms with Crippen LogP contribution in [-0.2, 0) is 4.79 Å². The minimum absolute atomic E-state index is 0.342. The van der Waals surface area contributed by atoms with Gasteiger partial charge in [0.2, 0.25) is 5.91 Å². The molecule has 0 aromatic rings. The highest BCUT2D eigenvalue weighted by atomic mass is 16.2. The van der Waals surface area contributed by atoms with Crippen molar-refractivity contribution in [2.24, 2.45) is 17.3 Å². The summed E-state index contributed by atoms with van der Waals surface area (Å²) < 4.78 is 0. The van der Waals surface area contributed by atoms with Gasteiger partial charge >= 0.3 is 0 Å². The van der Waals surface area contributed by atoms with Crippen LogP contribution in [0.5, 0.6) is 0 Å². The van der Waals surface area contributed by atoms with Crippen LogP contribution in [0.1, 0.15) is 44.9 Å². The molecule has 0 radical (unpaired) electrons. The maximum absolute atomic E-state index is 11.4. The summed E-state index contributed by atoms with van der Waals surface area (Å²) >= 11 is 0. The van der Waals surface area contributed by atoms with Crippen LogP contribution in [0.4, 0.5) is 0 Å². The number of nitrogens with one attached hydrogen (secondary N) is 1. The van der Waals surface area contributed by atoms with Gasteiger partial charge in [0.05, 0.1) is 0 Å². The first-order chi connectivity index (χ1) is 6.83. The first kappa shape index (κ1) is 8.75. The summed E-state index contributed by atoms with van der Waals surface area (Å²) in [7, 11) is 0. The lowest BCUT2D eigenvalue weighted by Crippen LogP contribution is -2.25. The van der Waals surface area contributed by atoms with E-state index < -0.39 is 0 Å². The summed E-state index contributed by atoms with van der Waals surface area (Å²) in [6.45, 7) is 0.987. The van der Waals surface area contributed by atoms with E-state index in [-0.39, 0.29) is 0 Å². The Morgan fingerprint density at radius 3 is 2.36 bits per heavy atom. The van der Waals surface area contributed by atoms with E-state index in [0.717, 1.165) is 12.5 Å². The molecule has 14 heavy (non-hydrogen) atoms. The highest BCUT2D eigenvalue weighted by molar-refractivity contribution is 5.85. The Labute approximate surface area is 85.4 Å². The van der Waals surface area contributed by atoms with E-state index in [1.807, 2.05) is 0 Å². The molecular weight excluding hydrogens is 174 g/mol. The summed E-state index contributed by atoms with van der Waals surface area (Å²) in [4.78, 5) is 11.4. The van der Waals surface area contributed by atoms with Crippen molar-refractivity contribution in [3.63, 3.8) is 0 Å². The average molecular weight is 193 g/mol. The Bertz CT molecular complexity index is 255. The predicted octanol–water partition coefficient (Wildman–Crippen LogP) is 2.09. The van der Waals surface area contributed by atoms with E-state index in [1.54, 1.807) is 0 Å². The van der Waals surface area contributed by atoms with Crippen molar-refractivity contribution in [3.8, 4) is 0 Å². The van der Waals surface area contributed by atoms with Crippen LogP contribution in [0.3, 0.4) is 0 Å². The molecule has 2 atom stereocenters. The van der Waals surface area contributed by atoms with Crippen molar-refractivity contribution in [2.75, 3.05) is 6.54 Å². The van der Waals surface area contributed by atoms with Crippen molar-refractivity contribution in [3.05, 3.63) is 0 Å². The zero-order valence-electron chi connectivity index (χ0n) is 8.72. The molecule has 0 spiro atoms. The quantitative estimate of drug-likeness (QED) is 0.635. The van der Waals surface area contributed by atoms with Crippen LogP contribution in [-0.4, -0.2) is 12.5 Å². The third-order valence-corrected chi connectivity index (χ3v) is 4.69. The molecule has 2 nitrogen and oxygen atoms in total. The maximum atomic E-state index is 11.4. The molecule has 0 aromatic heterocycles. The molecular formula is C12H19NO. The Kier molecular flexibility index (Phi) is 1.86. The SMILES string of the molecule is O=C1NCC2(C3CCCCCC3)CC12. The van der Waals surface area contributed by atoms with Crippen molar-refractivity contribution >= 4 is 5.91 Å². The number of amides is 1. The number of fused-ring (bicyclic) bond motifs is 1. The Balaban J connectivity index is 1.73. The van der Waals surface area contributed by atoms with E-state index in [4.69, 9.17) is 0 Å². The fourth-order valence-corrected chi connectivity index (χ4v) is 3.69. The summed E-state index contributed by atoms with van der Waals surface area (Å²) in [6, 6.07) is 0. The molecule has 1 heterocycles. The molecule has 3 fully saturated rings. The molecule has 2 aliphatic carbocycles. The van der Waals surface area contributed by atoms with Gasteiger partial charge in [0.15, 0.2) is 0 Å². The summed E-state index contributed by atoms with van der Waals surface area (Å²) in [5, 5.41) is 3.04. The number of rotatable bonds is 1. The molecule has 0 bridgehead atoms. The van der Waals surface area contributed by atoms with Crippen LogP contribution in [0, 0.1) is 17.3 Å². The molecule has 2 saturated carbocycles. The zero-order valence-corrected chi connectivity index (χ0v) is 8.72. The molecule has 3 aliphatic rings. The second-order valence-corrected chi connectivity index (χ2v) is 5.40. The van der Waals surface area contributed by atoms with Gasteiger partial charge in [0, 0.05) is 17.9 Å². The normalized spacial score (nSPS) is 42.9. The van der Waals surface area contributed by atoms with Crippen LogP contribution >= 0.6 is 0 Å². The van der Waals surface area contributed by atoms with Crippen LogP contribution in [0.25, 0.3) is 0 Å². The molecule has 1 aliphatic heterocycles. The molecule has 1 amide bonds. The second kappa shape index (κ2) is 2.98. The average Bonchev–Trinajstić information content (AvgIpc) is 2.91. The molecule has 1 saturated heterocycles. The standard InChI is InChI=1S/C12H19NO/c14-11-10-7-12(10,8-13-11)9-5-3-1-2-4-6-9/h9-10H,1-8H2,(H,13,14). The summed E-state index contributed by atoms with van der Waals surface area (Å²) in [6.07, 6.45) is 9.58. The lowest BCUT2D eigenvalue weighted by Gasteiger charge is -2.23. The first-order valence-electron chi connectivity index (χ1n) is 6.11. The van der Waals surface area contributed by atoms with Crippen LogP contribution < -0.4 is 5.32 Å². The smallest absolute Gasteiger partial charge is 0.223 e. The van der Waals surface area contributed by atoms with E-state index >= 15 is 0 Å². The Morgan fingerprint density at radius 1 is 1.14 bits per heavy atom. The van der Waals surface area contributed by atoms with Crippen molar-refractivity contribution in [1.29, 1.82) is 0 Å². The largest absolute Gasteiger partial charge is 0.355 e. The maximum Gasteiger partial charge on any atom is 0.223 e. The minimum atomic E-state index is 0.342. The van der Waals surface area contributed by atoms with Gasteiger partial charge in [-0.05, 0) is 25.2 Å². The molecule has 2 unspecified atom stereocenters. The van der Waals surface area contributed by atoms with Crippen LogP contribution in [0.2, 0.25) is 0 Å². The number of carbonyl (C=O) groups is 1. The van der Waals surface area contributed by atoms with Gasteiger partial charge in [0.25, 0.3) is 0 Å². The third-order valence-electron chi connectivity index (χ3n) is 4.69. The van der Waals surface area contributed by atoms with E-state index in [1.165, 1.54) is 44.9 Å². The lowest BCUT2D eigenvalue weighted by atomic mass is 9.82. The van der Waals surface area contributed by atoms with Crippen molar-refractivity contribution in [1.82, 2.24) is 5.32 Å². The Morgan fingerprint density at radius 2 is 1.86 bits per heavy atom. The first-order valence-corrected chi connectivity index (χ1v) is 6.11. The second-order valence-electron chi connectivity index (χ2n) is 5.40. The Hall–Kier alpha value is -0.530. The van der Waals surface area contributed by atoms with Crippen molar-refractivity contribution in [2.45, 2.75) is 44.9 Å². The fourth-order valence-electron chi connectivity index (χ4n) is 3.69. The van der Waals surface area contributed by atoms with Gasteiger partial charge in [0.1, 0.15) is 0 Å². The fraction of sp³-hybridized carbons (Fsp3) is 0.917. The lowest BCUT2D eigenvalue weighted by molar-refractivity contribution is -0.120. The van der Waals surface area contributed by atoms with Gasteiger partial charge in [-0.25, -0.2) is 0 Å². The molecule has 0 aromatic carbocycles. The van der Waals surface area contributed by atoms with Gasteiger partial charge in [-0.3, -0.25) is 4.79 Å². The highest BCUT2D eigenvalue weighted by Gasteiger charge is 2.65. The topological polar surface area (TPSA) is 29.1 Å². The predicted molar refractivity (Wildman–Crippen MR) is 54.7 cm³/mol. The van der Waals surface area contributed by atoms with Crippen LogP contribution in [0.15, 0.2) is 0 Å². The number of piperidine rings is 1. The van der Waals surface area contributed by atoms with Gasteiger partial charge in [-0.2, -0.15) is 0 Å². The minimum Gasteiger partial charge on any atom is -0.355 e. The molecule has 1 N–H and O–H groups in total. The van der Waals surface area contributed by atoms with Gasteiger partial charge in [-0.15, -0.1) is 0 Å². The zero-order chi connectivity index (χ0) is 9.60. The third kappa shape index (κ3) is 1.12. The van der Waals surface area contributed by atoms with E-state index in [2.05, 4.69) is 5.32 Å².